The molecule has 2 saturated heterocycles. The van der Waals surface area contributed by atoms with E-state index in [9.17, 15) is 14.4 Å². The monoisotopic (exact) mass is 521 g/mol. The van der Waals surface area contributed by atoms with Crippen LogP contribution in [-0.2, 0) is 19.1 Å². The number of hydrogen-bond acceptors (Lipinski definition) is 6. The summed E-state index contributed by atoms with van der Waals surface area (Å²) in [6, 6.07) is 19.6. The van der Waals surface area contributed by atoms with Gasteiger partial charge in [0.25, 0.3) is 0 Å². The molecule has 8 nitrogen and oxygen atoms in total. The quantitative estimate of drug-likeness (QED) is 0.492. The van der Waals surface area contributed by atoms with E-state index in [1.165, 1.54) is 7.11 Å². The Balaban J connectivity index is 1.56. The fourth-order valence-electron chi connectivity index (χ4n) is 5.77. The molecule has 2 heterocycles. The molecule has 38 heavy (non-hydrogen) atoms. The minimum Gasteiger partial charge on any atom is -0.466 e. The van der Waals surface area contributed by atoms with E-state index in [0.717, 1.165) is 37.1 Å². The lowest BCUT2D eigenvalue weighted by Gasteiger charge is -2.45. The fraction of sp³-hybridized carbons (Fsp3) is 0.500. The van der Waals surface area contributed by atoms with Gasteiger partial charge in [-0.3, -0.25) is 9.59 Å². The molecule has 4 rings (SSSR count). The molecule has 204 valence electrons. The fourth-order valence-corrected chi connectivity index (χ4v) is 5.77. The summed E-state index contributed by atoms with van der Waals surface area (Å²) in [5.74, 6) is -0.313. The third-order valence-corrected chi connectivity index (χ3v) is 7.54. The van der Waals surface area contributed by atoms with Gasteiger partial charge in [-0.15, -0.1) is 0 Å². The Hall–Kier alpha value is -3.39. The third kappa shape index (κ3) is 6.92. The van der Waals surface area contributed by atoms with Crippen molar-refractivity contribution in [2.45, 2.75) is 38.1 Å². The van der Waals surface area contributed by atoms with Gasteiger partial charge in [-0.1, -0.05) is 60.7 Å². The number of carbonyl (C=O) groups is 3. The molecule has 2 amide bonds. The zero-order valence-corrected chi connectivity index (χ0v) is 22.5. The van der Waals surface area contributed by atoms with Crippen LogP contribution in [0.15, 0.2) is 60.7 Å². The van der Waals surface area contributed by atoms with Crippen LogP contribution in [0.1, 0.15) is 43.2 Å². The second-order valence-corrected chi connectivity index (χ2v) is 10.1. The number of amides is 2. The topological polar surface area (TPSA) is 79.4 Å². The maximum atomic E-state index is 14.3. The van der Waals surface area contributed by atoms with Crippen LogP contribution in [-0.4, -0.2) is 91.7 Å². The van der Waals surface area contributed by atoms with Gasteiger partial charge in [-0.05, 0) is 43.4 Å². The normalized spacial score (nSPS) is 20.3. The van der Waals surface area contributed by atoms with Gasteiger partial charge in [0.15, 0.2) is 0 Å². The van der Waals surface area contributed by atoms with Crippen LogP contribution < -0.4 is 0 Å². The van der Waals surface area contributed by atoms with E-state index in [0.29, 0.717) is 39.2 Å². The standard InChI is InChI=1S/C30H39N3O5/c1-3-38-27(34)19-23-11-10-16-31(20-23)21-26-22-32(30(36)37-2)17-18-33(26)29(35)28(24-12-6-4-7-13-24)25-14-8-5-9-15-25/h4-9,12-15,23,26,28H,3,10-11,16-22H2,1-2H3. The summed E-state index contributed by atoms with van der Waals surface area (Å²) in [7, 11) is 1.39. The Morgan fingerprint density at radius 3 is 2.18 bits per heavy atom. The Morgan fingerprint density at radius 2 is 1.58 bits per heavy atom. The van der Waals surface area contributed by atoms with Crippen molar-refractivity contribution >= 4 is 18.0 Å². The van der Waals surface area contributed by atoms with E-state index in [1.807, 2.05) is 72.5 Å². The number of benzene rings is 2. The number of ether oxygens (including phenoxy) is 2. The highest BCUT2D eigenvalue weighted by atomic mass is 16.5. The molecule has 0 spiro atoms. The van der Waals surface area contributed by atoms with Gasteiger partial charge in [-0.25, -0.2) is 4.79 Å². The SMILES string of the molecule is CCOC(=O)CC1CCCN(CC2CN(C(=O)OC)CCN2C(=O)C(c2ccccc2)c2ccccc2)C1. The molecule has 2 aromatic rings. The van der Waals surface area contributed by atoms with Crippen molar-refractivity contribution in [1.82, 2.24) is 14.7 Å². The van der Waals surface area contributed by atoms with Crippen molar-refractivity contribution in [3.8, 4) is 0 Å². The summed E-state index contributed by atoms with van der Waals surface area (Å²) >= 11 is 0. The number of methoxy groups -OCH3 is 1. The summed E-state index contributed by atoms with van der Waals surface area (Å²) in [5.41, 5.74) is 1.90. The summed E-state index contributed by atoms with van der Waals surface area (Å²) in [6.45, 7) is 5.80. The third-order valence-electron chi connectivity index (χ3n) is 7.54. The van der Waals surface area contributed by atoms with Crippen molar-refractivity contribution in [3.63, 3.8) is 0 Å². The molecule has 0 aliphatic carbocycles. The second kappa shape index (κ2) is 13.4. The van der Waals surface area contributed by atoms with E-state index < -0.39 is 5.92 Å². The van der Waals surface area contributed by atoms with E-state index in [1.54, 1.807) is 4.90 Å². The lowest BCUT2D eigenvalue weighted by Crippen LogP contribution is -2.61. The number of esters is 1. The Bertz CT molecular complexity index is 1020. The highest BCUT2D eigenvalue weighted by molar-refractivity contribution is 5.88. The average molecular weight is 522 g/mol. The highest BCUT2D eigenvalue weighted by Gasteiger charge is 2.38. The molecule has 0 bridgehead atoms. The van der Waals surface area contributed by atoms with Gasteiger partial charge >= 0.3 is 12.1 Å². The molecule has 0 saturated carbocycles. The summed E-state index contributed by atoms with van der Waals surface area (Å²) in [4.78, 5) is 44.8. The van der Waals surface area contributed by atoms with Crippen molar-refractivity contribution in [2.75, 3.05) is 53.0 Å². The maximum absolute atomic E-state index is 14.3. The minimum absolute atomic E-state index is 0.0389. The smallest absolute Gasteiger partial charge is 0.409 e. The van der Waals surface area contributed by atoms with Crippen LogP contribution >= 0.6 is 0 Å². The molecular formula is C30H39N3O5. The number of rotatable bonds is 8. The predicted molar refractivity (Wildman–Crippen MR) is 145 cm³/mol. The Labute approximate surface area is 225 Å². The minimum atomic E-state index is -0.428. The molecule has 2 unspecified atom stereocenters. The number of likely N-dealkylation sites (tertiary alicyclic amines) is 1. The Morgan fingerprint density at radius 1 is 0.921 bits per heavy atom. The summed E-state index contributed by atoms with van der Waals surface area (Å²) in [5, 5.41) is 0. The largest absolute Gasteiger partial charge is 0.466 e. The second-order valence-electron chi connectivity index (χ2n) is 10.1. The van der Waals surface area contributed by atoms with Gasteiger partial charge in [-0.2, -0.15) is 0 Å². The van der Waals surface area contributed by atoms with Crippen LogP contribution in [0.25, 0.3) is 0 Å². The van der Waals surface area contributed by atoms with Crippen molar-refractivity contribution in [3.05, 3.63) is 71.8 Å². The van der Waals surface area contributed by atoms with Gasteiger partial charge in [0.1, 0.15) is 0 Å². The van der Waals surface area contributed by atoms with E-state index in [2.05, 4.69) is 4.90 Å². The lowest BCUT2D eigenvalue weighted by molar-refractivity contribution is -0.144. The summed E-state index contributed by atoms with van der Waals surface area (Å²) in [6.07, 6.45) is 2.02. The molecule has 8 heteroatoms. The first-order chi connectivity index (χ1) is 18.5. The van der Waals surface area contributed by atoms with E-state index in [-0.39, 0.29) is 29.9 Å². The highest BCUT2D eigenvalue weighted by Crippen LogP contribution is 2.29. The number of carbonyl (C=O) groups excluding carboxylic acids is 3. The van der Waals surface area contributed by atoms with Gasteiger partial charge in [0.05, 0.1) is 25.7 Å². The first kappa shape index (κ1) is 27.6. The zero-order chi connectivity index (χ0) is 26.9. The van der Waals surface area contributed by atoms with Crippen LogP contribution in [0.3, 0.4) is 0 Å². The molecule has 0 N–H and O–H groups in total. The van der Waals surface area contributed by atoms with E-state index in [4.69, 9.17) is 9.47 Å². The summed E-state index contributed by atoms with van der Waals surface area (Å²) < 4.78 is 10.2. The van der Waals surface area contributed by atoms with Crippen LogP contribution in [0.2, 0.25) is 0 Å². The van der Waals surface area contributed by atoms with Crippen molar-refractivity contribution < 1.29 is 23.9 Å². The zero-order valence-electron chi connectivity index (χ0n) is 22.5. The Kier molecular flexibility index (Phi) is 9.76. The molecule has 2 atom stereocenters. The molecule has 0 radical (unpaired) electrons. The lowest BCUT2D eigenvalue weighted by atomic mass is 9.89. The molecular weight excluding hydrogens is 482 g/mol. The van der Waals surface area contributed by atoms with Crippen LogP contribution in [0, 0.1) is 5.92 Å². The van der Waals surface area contributed by atoms with Gasteiger partial charge in [0, 0.05) is 39.1 Å². The molecule has 2 aliphatic heterocycles. The van der Waals surface area contributed by atoms with Crippen molar-refractivity contribution in [2.24, 2.45) is 5.92 Å². The number of piperazine rings is 1. The van der Waals surface area contributed by atoms with Crippen LogP contribution in [0.4, 0.5) is 4.79 Å². The predicted octanol–water partition coefficient (Wildman–Crippen LogP) is 3.76. The molecule has 2 aromatic carbocycles. The molecule has 2 fully saturated rings. The van der Waals surface area contributed by atoms with Crippen molar-refractivity contribution in [1.29, 1.82) is 0 Å². The first-order valence-corrected chi connectivity index (χ1v) is 13.6. The number of piperidine rings is 1. The maximum Gasteiger partial charge on any atom is 0.409 e. The number of hydrogen-bond donors (Lipinski definition) is 0. The van der Waals surface area contributed by atoms with Gasteiger partial charge < -0.3 is 24.2 Å². The van der Waals surface area contributed by atoms with Crippen LogP contribution in [0.5, 0.6) is 0 Å². The molecule has 0 aromatic heterocycles. The first-order valence-electron chi connectivity index (χ1n) is 13.6. The van der Waals surface area contributed by atoms with Gasteiger partial charge in [0.2, 0.25) is 5.91 Å². The average Bonchev–Trinajstić information content (AvgIpc) is 2.94. The number of nitrogens with zero attached hydrogens (tertiary/aromatic N) is 3. The van der Waals surface area contributed by atoms with E-state index >= 15 is 0 Å². The molecule has 2 aliphatic rings.